The van der Waals surface area contributed by atoms with E-state index < -0.39 is 30.7 Å². The SMILES string of the molecule is B[C@@H]1O[C@H](CC(C)(CC)OP(=O)(O)[C@](C)(O)CC)[C@@H](O)[C@H]1Br. The first kappa shape index (κ1) is 20.6. The number of rotatable bonds is 7. The highest BCUT2D eigenvalue weighted by Crippen LogP contribution is 2.59. The zero-order valence-corrected chi connectivity index (χ0v) is 16.3. The third-order valence-corrected chi connectivity index (χ3v) is 8.06. The van der Waals surface area contributed by atoms with Crippen molar-refractivity contribution in [3.05, 3.63) is 0 Å². The molecular formula is C13H27BBrO6P. The summed E-state index contributed by atoms with van der Waals surface area (Å²) >= 11 is 3.38. The Labute approximate surface area is 141 Å². The van der Waals surface area contributed by atoms with Gasteiger partial charge in [-0.25, -0.2) is 0 Å². The zero-order valence-electron chi connectivity index (χ0n) is 13.8. The van der Waals surface area contributed by atoms with Gasteiger partial charge in [0.2, 0.25) is 0 Å². The number of hydrogen-bond acceptors (Lipinski definition) is 5. The van der Waals surface area contributed by atoms with Crippen LogP contribution in [0.3, 0.4) is 0 Å². The average molecular weight is 401 g/mol. The molecule has 1 fully saturated rings. The van der Waals surface area contributed by atoms with Crippen molar-refractivity contribution in [1.82, 2.24) is 0 Å². The second kappa shape index (κ2) is 7.22. The van der Waals surface area contributed by atoms with Crippen LogP contribution in [0, 0.1) is 0 Å². The molecule has 0 amide bonds. The van der Waals surface area contributed by atoms with Crippen LogP contribution in [0.4, 0.5) is 0 Å². The third kappa shape index (κ3) is 4.35. The Morgan fingerprint density at radius 3 is 2.27 bits per heavy atom. The molecule has 0 aliphatic carbocycles. The maximum absolute atomic E-state index is 12.4. The highest BCUT2D eigenvalue weighted by atomic mass is 79.9. The van der Waals surface area contributed by atoms with Crippen LogP contribution >= 0.6 is 23.5 Å². The first-order valence-electron chi connectivity index (χ1n) is 7.62. The zero-order chi connectivity index (χ0) is 17.3. The molecule has 0 radical (unpaired) electrons. The number of aliphatic hydroxyl groups excluding tert-OH is 1. The molecule has 1 aliphatic heterocycles. The van der Waals surface area contributed by atoms with Crippen LogP contribution in [0.2, 0.25) is 0 Å². The van der Waals surface area contributed by atoms with Crippen LogP contribution in [0.1, 0.15) is 47.0 Å². The summed E-state index contributed by atoms with van der Waals surface area (Å²) in [5, 5.41) is 18.5. The fourth-order valence-corrected chi connectivity index (χ4v) is 4.21. The molecule has 9 heteroatoms. The van der Waals surface area contributed by atoms with Crippen molar-refractivity contribution >= 4 is 31.4 Å². The van der Waals surface area contributed by atoms with Gasteiger partial charge in [-0.15, -0.1) is 0 Å². The third-order valence-electron chi connectivity index (χ3n) is 4.55. The lowest BCUT2D eigenvalue weighted by molar-refractivity contribution is -0.0425. The van der Waals surface area contributed by atoms with Gasteiger partial charge in [0.25, 0.3) is 0 Å². The summed E-state index contributed by atoms with van der Waals surface area (Å²) in [5.74, 6) is 0. The molecule has 130 valence electrons. The van der Waals surface area contributed by atoms with Gasteiger partial charge in [0, 0.05) is 12.4 Å². The van der Waals surface area contributed by atoms with Gasteiger partial charge in [0.15, 0.2) is 5.34 Å². The van der Waals surface area contributed by atoms with Gasteiger partial charge in [-0.3, -0.25) is 4.57 Å². The lowest BCUT2D eigenvalue weighted by atomic mass is 9.91. The molecule has 0 aromatic carbocycles. The molecule has 3 N–H and O–H groups in total. The van der Waals surface area contributed by atoms with Gasteiger partial charge in [-0.05, 0) is 26.7 Å². The van der Waals surface area contributed by atoms with Crippen molar-refractivity contribution in [2.75, 3.05) is 0 Å². The smallest absolute Gasteiger partial charge is 0.359 e. The summed E-state index contributed by atoms with van der Waals surface area (Å²) in [6.45, 7) is 6.44. The van der Waals surface area contributed by atoms with Crippen molar-refractivity contribution in [2.45, 2.75) is 80.9 Å². The summed E-state index contributed by atoms with van der Waals surface area (Å²) in [5.41, 5.74) is -0.980. The quantitative estimate of drug-likeness (QED) is 0.339. The molecule has 7 atom stereocenters. The second-order valence-corrected chi connectivity index (χ2v) is 9.75. The minimum atomic E-state index is -4.23. The van der Waals surface area contributed by atoms with Crippen molar-refractivity contribution in [3.63, 3.8) is 0 Å². The number of aliphatic hydroxyl groups is 2. The number of hydrogen-bond donors (Lipinski definition) is 3. The summed E-state index contributed by atoms with van der Waals surface area (Å²) < 4.78 is 23.6. The summed E-state index contributed by atoms with van der Waals surface area (Å²) in [7, 11) is -2.38. The molecule has 0 bridgehead atoms. The minimum absolute atomic E-state index is 0.101. The van der Waals surface area contributed by atoms with E-state index in [4.69, 9.17) is 9.26 Å². The Bertz CT molecular complexity index is 437. The molecule has 1 rings (SSSR count). The Kier molecular flexibility index (Phi) is 6.76. The Morgan fingerprint density at radius 2 is 1.91 bits per heavy atom. The molecule has 1 heterocycles. The molecule has 6 nitrogen and oxygen atoms in total. The van der Waals surface area contributed by atoms with Crippen LogP contribution in [-0.4, -0.2) is 56.9 Å². The van der Waals surface area contributed by atoms with Gasteiger partial charge in [-0.2, -0.15) is 0 Å². The molecule has 22 heavy (non-hydrogen) atoms. The van der Waals surface area contributed by atoms with E-state index in [1.165, 1.54) is 6.92 Å². The Hall–Kier alpha value is 0.575. The molecular weight excluding hydrogens is 374 g/mol. The normalized spacial score (nSPS) is 37.3. The van der Waals surface area contributed by atoms with E-state index in [1.807, 2.05) is 14.8 Å². The van der Waals surface area contributed by atoms with Crippen LogP contribution in [0.25, 0.3) is 0 Å². The first-order chi connectivity index (χ1) is 9.89. The van der Waals surface area contributed by atoms with Gasteiger partial charge < -0.3 is 24.4 Å². The van der Waals surface area contributed by atoms with Crippen LogP contribution < -0.4 is 0 Å². The second-order valence-electron chi connectivity index (χ2n) is 6.50. The van der Waals surface area contributed by atoms with Gasteiger partial charge in [0.05, 0.1) is 22.6 Å². The van der Waals surface area contributed by atoms with Crippen molar-refractivity contribution < 1.29 is 28.9 Å². The highest BCUT2D eigenvalue weighted by Gasteiger charge is 2.49. The maximum atomic E-state index is 12.4. The van der Waals surface area contributed by atoms with Crippen LogP contribution in [0.15, 0.2) is 0 Å². The molecule has 0 aromatic rings. The van der Waals surface area contributed by atoms with E-state index in [2.05, 4.69) is 15.9 Å². The topological polar surface area (TPSA) is 96.2 Å². The molecule has 1 saturated heterocycles. The van der Waals surface area contributed by atoms with Gasteiger partial charge in [0.1, 0.15) is 7.85 Å². The van der Waals surface area contributed by atoms with Crippen LogP contribution in [0.5, 0.6) is 0 Å². The molecule has 1 aliphatic rings. The van der Waals surface area contributed by atoms with Crippen LogP contribution in [-0.2, 0) is 13.8 Å². The standard InChI is InChI=1S/C13H27BBrO6P/c1-5-12(3,21-22(18,19)13(4,17)6-2)7-8-10(16)9(15)11(14)20-8/h8-11,16-17H,5-7,14H2,1-4H3,(H,18,19)/t8-,9-,10-,11-,12?,13+/m1/s1. The van der Waals surface area contributed by atoms with Crippen molar-refractivity contribution in [2.24, 2.45) is 0 Å². The molecule has 0 spiro atoms. The van der Waals surface area contributed by atoms with E-state index in [0.29, 0.717) is 6.42 Å². The fraction of sp³-hybridized carbons (Fsp3) is 1.00. The van der Waals surface area contributed by atoms with E-state index in [-0.39, 0.29) is 23.7 Å². The van der Waals surface area contributed by atoms with Gasteiger partial charge >= 0.3 is 7.60 Å². The summed E-state index contributed by atoms with van der Waals surface area (Å²) in [6.07, 6.45) is -0.388. The van der Waals surface area contributed by atoms with Gasteiger partial charge in [-0.1, -0.05) is 29.8 Å². The van der Waals surface area contributed by atoms with Crippen molar-refractivity contribution in [3.8, 4) is 0 Å². The summed E-state index contributed by atoms with van der Waals surface area (Å²) in [4.78, 5) is 9.94. The Balaban J connectivity index is 2.87. The number of halogens is 1. The highest BCUT2D eigenvalue weighted by molar-refractivity contribution is 9.09. The monoisotopic (exact) mass is 400 g/mol. The molecule has 2 unspecified atom stereocenters. The molecule has 0 saturated carbocycles. The van der Waals surface area contributed by atoms with E-state index in [1.54, 1.807) is 13.8 Å². The lowest BCUT2D eigenvalue weighted by Gasteiger charge is -2.37. The van der Waals surface area contributed by atoms with E-state index in [0.717, 1.165) is 0 Å². The predicted octanol–water partition coefficient (Wildman–Crippen LogP) is 1.35. The number of ether oxygens (including phenoxy) is 1. The first-order valence-corrected chi connectivity index (χ1v) is 10.1. The average Bonchev–Trinajstić information content (AvgIpc) is 2.65. The lowest BCUT2D eigenvalue weighted by Crippen LogP contribution is -2.39. The fourth-order valence-electron chi connectivity index (χ4n) is 2.35. The minimum Gasteiger partial charge on any atom is -0.389 e. The van der Waals surface area contributed by atoms with E-state index in [9.17, 15) is 19.7 Å². The summed E-state index contributed by atoms with van der Waals surface area (Å²) in [6, 6.07) is -0.152. The van der Waals surface area contributed by atoms with Crippen molar-refractivity contribution in [1.29, 1.82) is 0 Å². The van der Waals surface area contributed by atoms with E-state index >= 15 is 0 Å². The maximum Gasteiger partial charge on any atom is 0.359 e. The number of alkyl halides is 1. The Morgan fingerprint density at radius 1 is 1.36 bits per heavy atom. The molecule has 0 aromatic heterocycles. The largest absolute Gasteiger partial charge is 0.389 e. The predicted molar refractivity (Wildman–Crippen MR) is 91.1 cm³/mol.